The molecule has 2 rings (SSSR count). The summed E-state index contributed by atoms with van der Waals surface area (Å²) in [5.74, 6) is 0.761. The van der Waals surface area contributed by atoms with Crippen LogP contribution in [0.5, 0.6) is 0 Å². The number of aryl methyl sites for hydroxylation is 1. The van der Waals surface area contributed by atoms with Crippen LogP contribution in [-0.2, 0) is 36.1 Å². The smallest absolute Gasteiger partial charge is 0.309 e. The maximum atomic E-state index is 11.4. The Morgan fingerprint density at radius 1 is 1.30 bits per heavy atom. The molecule has 1 aromatic heterocycles. The first-order valence-corrected chi connectivity index (χ1v) is 6.51. The highest BCUT2D eigenvalue weighted by molar-refractivity contribution is 5.72. The van der Waals surface area contributed by atoms with Crippen molar-refractivity contribution in [2.45, 2.75) is 19.5 Å². The molecule has 0 unspecified atom stereocenters. The molecule has 1 N–H and O–H groups in total. The largest absolute Gasteiger partial charge is 0.469 e. The minimum Gasteiger partial charge on any atom is -0.469 e. The number of rotatable bonds is 6. The molecule has 0 fully saturated rings. The average molecular weight is 273 g/mol. The molecule has 0 amide bonds. The summed E-state index contributed by atoms with van der Waals surface area (Å²) in [6.45, 7) is 1.39. The van der Waals surface area contributed by atoms with Gasteiger partial charge in [0.05, 0.1) is 20.1 Å². The van der Waals surface area contributed by atoms with Gasteiger partial charge in [-0.3, -0.25) is 4.79 Å². The quantitative estimate of drug-likeness (QED) is 0.809. The molecule has 0 atom stereocenters. The van der Waals surface area contributed by atoms with Crippen molar-refractivity contribution in [3.63, 3.8) is 0 Å². The van der Waals surface area contributed by atoms with Gasteiger partial charge in [-0.05, 0) is 11.1 Å². The molecule has 1 heterocycles. The van der Waals surface area contributed by atoms with E-state index in [0.29, 0.717) is 19.5 Å². The van der Waals surface area contributed by atoms with Gasteiger partial charge in [-0.2, -0.15) is 0 Å². The van der Waals surface area contributed by atoms with Crippen LogP contribution in [0.3, 0.4) is 0 Å². The number of carbonyl (C=O) groups excluding carboxylic acids is 1. The first-order chi connectivity index (χ1) is 9.70. The molecule has 0 bridgehead atoms. The van der Waals surface area contributed by atoms with Gasteiger partial charge in [-0.25, -0.2) is 4.98 Å². The summed E-state index contributed by atoms with van der Waals surface area (Å²) in [5, 5.41) is 3.34. The van der Waals surface area contributed by atoms with Crippen molar-refractivity contribution in [1.82, 2.24) is 14.9 Å². The third-order valence-electron chi connectivity index (χ3n) is 3.20. The lowest BCUT2D eigenvalue weighted by atomic mass is 10.0. The number of imidazole rings is 1. The lowest BCUT2D eigenvalue weighted by Crippen LogP contribution is -2.17. The minimum absolute atomic E-state index is 0.221. The predicted octanol–water partition coefficient (Wildman–Crippen LogP) is 1.43. The van der Waals surface area contributed by atoms with Crippen LogP contribution >= 0.6 is 0 Å². The summed E-state index contributed by atoms with van der Waals surface area (Å²) in [6, 6.07) is 7.87. The maximum Gasteiger partial charge on any atom is 0.309 e. The summed E-state index contributed by atoms with van der Waals surface area (Å²) in [6.07, 6.45) is 4.00. The molecule has 106 valence electrons. The van der Waals surface area contributed by atoms with Crippen molar-refractivity contribution < 1.29 is 9.53 Å². The van der Waals surface area contributed by atoms with Crippen LogP contribution < -0.4 is 5.32 Å². The Hall–Kier alpha value is -2.14. The number of aromatic nitrogens is 2. The molecular formula is C15H19N3O2. The van der Waals surface area contributed by atoms with Gasteiger partial charge in [-0.1, -0.05) is 24.3 Å². The predicted molar refractivity (Wildman–Crippen MR) is 75.9 cm³/mol. The van der Waals surface area contributed by atoms with E-state index in [1.54, 1.807) is 6.20 Å². The summed E-state index contributed by atoms with van der Waals surface area (Å²) in [4.78, 5) is 15.6. The fraction of sp³-hybridized carbons (Fsp3) is 0.333. The highest BCUT2D eigenvalue weighted by Gasteiger charge is 2.07. The van der Waals surface area contributed by atoms with Gasteiger partial charge in [0.1, 0.15) is 5.82 Å². The van der Waals surface area contributed by atoms with Gasteiger partial charge in [0, 0.05) is 26.0 Å². The molecule has 0 spiro atoms. The van der Waals surface area contributed by atoms with E-state index >= 15 is 0 Å². The first kappa shape index (κ1) is 14.3. The van der Waals surface area contributed by atoms with Crippen LogP contribution in [0.4, 0.5) is 0 Å². The number of benzene rings is 1. The number of carbonyl (C=O) groups is 1. The second kappa shape index (κ2) is 6.86. The van der Waals surface area contributed by atoms with Gasteiger partial charge in [0.25, 0.3) is 0 Å². The van der Waals surface area contributed by atoms with Gasteiger partial charge in [-0.15, -0.1) is 0 Å². The molecule has 1 aromatic carbocycles. The lowest BCUT2D eigenvalue weighted by molar-refractivity contribution is -0.139. The molecule has 0 saturated heterocycles. The van der Waals surface area contributed by atoms with Crippen molar-refractivity contribution in [1.29, 1.82) is 0 Å². The van der Waals surface area contributed by atoms with Crippen LogP contribution in [0.25, 0.3) is 0 Å². The maximum absolute atomic E-state index is 11.4. The normalized spacial score (nSPS) is 10.5. The lowest BCUT2D eigenvalue weighted by Gasteiger charge is -2.10. The van der Waals surface area contributed by atoms with Crippen LogP contribution in [-0.4, -0.2) is 22.6 Å². The second-order valence-electron chi connectivity index (χ2n) is 4.58. The fourth-order valence-electron chi connectivity index (χ4n) is 2.01. The zero-order chi connectivity index (χ0) is 14.4. The summed E-state index contributed by atoms with van der Waals surface area (Å²) in [7, 11) is 3.37. The third-order valence-corrected chi connectivity index (χ3v) is 3.20. The van der Waals surface area contributed by atoms with Gasteiger partial charge >= 0.3 is 5.97 Å². The number of nitrogens with zero attached hydrogens (tertiary/aromatic N) is 2. The molecule has 0 aliphatic carbocycles. The van der Waals surface area contributed by atoms with Crippen LogP contribution in [0.15, 0.2) is 36.7 Å². The van der Waals surface area contributed by atoms with Crippen LogP contribution in [0, 0.1) is 0 Å². The highest BCUT2D eigenvalue weighted by Crippen LogP contribution is 2.10. The molecular weight excluding hydrogens is 254 g/mol. The number of hydrogen-bond acceptors (Lipinski definition) is 4. The van der Waals surface area contributed by atoms with E-state index in [0.717, 1.165) is 17.0 Å². The number of nitrogens with one attached hydrogen (secondary N) is 1. The summed E-state index contributed by atoms with van der Waals surface area (Å²) < 4.78 is 6.70. The van der Waals surface area contributed by atoms with Crippen LogP contribution in [0.2, 0.25) is 0 Å². The zero-order valence-electron chi connectivity index (χ0n) is 11.8. The SMILES string of the molecule is COC(=O)Cc1ccccc1CNCc1nccn1C. The molecule has 5 nitrogen and oxygen atoms in total. The Balaban J connectivity index is 1.95. The minimum atomic E-state index is -0.221. The van der Waals surface area contributed by atoms with E-state index in [-0.39, 0.29) is 5.97 Å². The van der Waals surface area contributed by atoms with E-state index in [2.05, 4.69) is 10.3 Å². The van der Waals surface area contributed by atoms with Gasteiger partial charge < -0.3 is 14.6 Å². The molecule has 5 heteroatoms. The first-order valence-electron chi connectivity index (χ1n) is 6.51. The van der Waals surface area contributed by atoms with Crippen molar-refractivity contribution in [2.75, 3.05) is 7.11 Å². The topological polar surface area (TPSA) is 56.1 Å². The van der Waals surface area contributed by atoms with Crippen LogP contribution in [0.1, 0.15) is 17.0 Å². The number of esters is 1. The molecule has 0 radical (unpaired) electrons. The van der Waals surface area contributed by atoms with Gasteiger partial charge in [0.2, 0.25) is 0 Å². The Labute approximate surface area is 118 Å². The number of ether oxygens (including phenoxy) is 1. The van der Waals surface area contributed by atoms with Crippen molar-refractivity contribution in [3.05, 3.63) is 53.6 Å². The fourth-order valence-corrected chi connectivity index (χ4v) is 2.01. The monoisotopic (exact) mass is 273 g/mol. The average Bonchev–Trinajstić information content (AvgIpc) is 2.86. The summed E-state index contributed by atoms with van der Waals surface area (Å²) in [5.41, 5.74) is 2.10. The zero-order valence-corrected chi connectivity index (χ0v) is 11.8. The van der Waals surface area contributed by atoms with E-state index < -0.39 is 0 Å². The van der Waals surface area contributed by atoms with E-state index in [1.165, 1.54) is 7.11 Å². The Morgan fingerprint density at radius 3 is 2.70 bits per heavy atom. The van der Waals surface area contributed by atoms with Crippen molar-refractivity contribution in [3.8, 4) is 0 Å². The standard InChI is InChI=1S/C15H19N3O2/c1-18-8-7-17-14(18)11-16-10-13-6-4-3-5-12(13)9-15(19)20-2/h3-8,16H,9-11H2,1-2H3. The van der Waals surface area contributed by atoms with Crippen molar-refractivity contribution >= 4 is 5.97 Å². The molecule has 0 saturated carbocycles. The molecule has 0 aliphatic rings. The Kier molecular flexibility index (Phi) is 4.90. The van der Waals surface area contributed by atoms with E-state index in [4.69, 9.17) is 4.74 Å². The van der Waals surface area contributed by atoms with Gasteiger partial charge in [0.15, 0.2) is 0 Å². The van der Waals surface area contributed by atoms with E-state index in [1.807, 2.05) is 42.1 Å². The number of methoxy groups -OCH3 is 1. The van der Waals surface area contributed by atoms with E-state index in [9.17, 15) is 4.79 Å². The molecule has 0 aliphatic heterocycles. The second-order valence-corrected chi connectivity index (χ2v) is 4.58. The molecule has 20 heavy (non-hydrogen) atoms. The summed E-state index contributed by atoms with van der Waals surface area (Å²) >= 11 is 0. The third kappa shape index (κ3) is 3.68. The molecule has 2 aromatic rings. The highest BCUT2D eigenvalue weighted by atomic mass is 16.5. The number of hydrogen-bond donors (Lipinski definition) is 1. The Morgan fingerprint density at radius 2 is 2.05 bits per heavy atom. The van der Waals surface area contributed by atoms with Crippen molar-refractivity contribution in [2.24, 2.45) is 7.05 Å². The Bertz CT molecular complexity index is 578.